The number of sulfone groups is 1. The highest BCUT2D eigenvalue weighted by Gasteiger charge is 2.56. The predicted molar refractivity (Wildman–Crippen MR) is 96.2 cm³/mol. The molecule has 5 heteroatoms. The van der Waals surface area contributed by atoms with E-state index in [0.717, 1.165) is 24.9 Å². The summed E-state index contributed by atoms with van der Waals surface area (Å²) >= 11 is 5.95. The van der Waals surface area contributed by atoms with E-state index in [-0.39, 0.29) is 6.04 Å². The van der Waals surface area contributed by atoms with E-state index in [1.54, 1.807) is 24.3 Å². The van der Waals surface area contributed by atoms with Gasteiger partial charge in [0.15, 0.2) is 9.84 Å². The minimum absolute atomic E-state index is 0.0339. The SMILES string of the molecule is Cc1ccc2c(c1)CCC1NCCC21S(=O)(=O)c1ccc(Cl)cc1. The van der Waals surface area contributed by atoms with E-state index >= 15 is 0 Å². The minimum Gasteiger partial charge on any atom is -0.312 e. The first kappa shape index (κ1) is 16.1. The Kier molecular flexibility index (Phi) is 3.75. The Bertz CT molecular complexity index is 892. The Morgan fingerprint density at radius 2 is 1.92 bits per heavy atom. The first-order valence-corrected chi connectivity index (χ1v) is 10.1. The van der Waals surface area contributed by atoms with Crippen molar-refractivity contribution in [2.75, 3.05) is 6.54 Å². The Morgan fingerprint density at radius 3 is 2.67 bits per heavy atom. The van der Waals surface area contributed by atoms with Gasteiger partial charge in [-0.1, -0.05) is 35.4 Å². The van der Waals surface area contributed by atoms with E-state index in [1.807, 2.05) is 12.1 Å². The lowest BCUT2D eigenvalue weighted by Crippen LogP contribution is -2.49. The Labute approximate surface area is 148 Å². The Morgan fingerprint density at radius 1 is 1.17 bits per heavy atom. The van der Waals surface area contributed by atoms with Gasteiger partial charge >= 0.3 is 0 Å². The second-order valence-electron chi connectivity index (χ2n) is 6.80. The number of benzene rings is 2. The monoisotopic (exact) mass is 361 g/mol. The summed E-state index contributed by atoms with van der Waals surface area (Å²) in [5, 5.41) is 3.99. The van der Waals surface area contributed by atoms with Gasteiger partial charge in [-0.05, 0) is 68.1 Å². The standard InChI is InChI=1S/C19H20ClNO2S/c1-13-2-8-17-14(12-13)3-9-18-19(17,10-11-21-18)24(22,23)16-6-4-15(20)5-7-16/h2,4-8,12,18,21H,3,9-11H2,1H3. The van der Waals surface area contributed by atoms with E-state index in [1.165, 1.54) is 11.1 Å². The van der Waals surface area contributed by atoms with Gasteiger partial charge in [0.2, 0.25) is 0 Å². The molecule has 4 rings (SSSR count). The molecule has 2 aromatic rings. The van der Waals surface area contributed by atoms with Gasteiger partial charge in [-0.15, -0.1) is 0 Å². The molecule has 2 unspecified atom stereocenters. The van der Waals surface area contributed by atoms with Crippen LogP contribution in [0.15, 0.2) is 47.4 Å². The molecule has 1 aliphatic carbocycles. The first-order chi connectivity index (χ1) is 11.4. The summed E-state index contributed by atoms with van der Waals surface area (Å²) in [6.07, 6.45) is 2.38. The third-order valence-electron chi connectivity index (χ3n) is 5.47. The maximum atomic E-state index is 13.7. The molecule has 2 atom stereocenters. The van der Waals surface area contributed by atoms with Crippen LogP contribution in [0.2, 0.25) is 5.02 Å². The zero-order chi connectivity index (χ0) is 16.9. The van der Waals surface area contributed by atoms with Gasteiger partial charge in [0, 0.05) is 11.1 Å². The van der Waals surface area contributed by atoms with Crippen molar-refractivity contribution >= 4 is 21.4 Å². The summed E-state index contributed by atoms with van der Waals surface area (Å²) in [6.45, 7) is 2.78. The molecule has 0 spiro atoms. The van der Waals surface area contributed by atoms with Crippen LogP contribution < -0.4 is 5.32 Å². The van der Waals surface area contributed by atoms with Crippen LogP contribution in [0.5, 0.6) is 0 Å². The fraction of sp³-hybridized carbons (Fsp3) is 0.368. The van der Waals surface area contributed by atoms with E-state index in [4.69, 9.17) is 11.6 Å². The second-order valence-corrected chi connectivity index (χ2v) is 9.45. The number of hydrogen-bond donors (Lipinski definition) is 1. The maximum absolute atomic E-state index is 13.7. The molecule has 1 aliphatic heterocycles. The fourth-order valence-electron chi connectivity index (χ4n) is 4.36. The topological polar surface area (TPSA) is 46.2 Å². The number of fused-ring (bicyclic) bond motifs is 3. The molecule has 0 amide bonds. The Balaban J connectivity index is 1.96. The zero-order valence-electron chi connectivity index (χ0n) is 13.5. The van der Waals surface area contributed by atoms with Gasteiger partial charge in [-0.2, -0.15) is 0 Å². The van der Waals surface area contributed by atoms with Crippen LogP contribution in [-0.2, 0) is 21.0 Å². The molecule has 0 bridgehead atoms. The van der Waals surface area contributed by atoms with Crippen molar-refractivity contribution in [1.82, 2.24) is 5.32 Å². The number of rotatable bonds is 2. The van der Waals surface area contributed by atoms with Crippen LogP contribution in [0.25, 0.3) is 0 Å². The van der Waals surface area contributed by atoms with Crippen molar-refractivity contribution in [3.05, 3.63) is 64.2 Å². The van der Waals surface area contributed by atoms with Gasteiger partial charge in [0.05, 0.1) is 4.90 Å². The average molecular weight is 362 g/mol. The molecule has 1 N–H and O–H groups in total. The lowest BCUT2D eigenvalue weighted by atomic mass is 9.78. The minimum atomic E-state index is -3.52. The van der Waals surface area contributed by atoms with Crippen LogP contribution in [-0.4, -0.2) is 21.0 Å². The van der Waals surface area contributed by atoms with Crippen LogP contribution in [0.4, 0.5) is 0 Å². The molecule has 24 heavy (non-hydrogen) atoms. The van der Waals surface area contributed by atoms with Crippen molar-refractivity contribution in [2.45, 2.75) is 41.9 Å². The fourth-order valence-corrected chi connectivity index (χ4v) is 6.84. The van der Waals surface area contributed by atoms with E-state index in [0.29, 0.717) is 16.3 Å². The molecule has 0 radical (unpaired) electrons. The molecule has 1 fully saturated rings. The third kappa shape index (κ3) is 2.17. The summed E-state index contributed by atoms with van der Waals surface area (Å²) < 4.78 is 26.5. The van der Waals surface area contributed by atoms with Gasteiger partial charge in [0.1, 0.15) is 4.75 Å². The number of nitrogens with one attached hydrogen (secondary N) is 1. The molecule has 1 heterocycles. The van der Waals surface area contributed by atoms with Gasteiger partial charge in [0.25, 0.3) is 0 Å². The van der Waals surface area contributed by atoms with Crippen molar-refractivity contribution in [1.29, 1.82) is 0 Å². The number of halogens is 1. The summed E-state index contributed by atoms with van der Waals surface area (Å²) in [6, 6.07) is 12.7. The van der Waals surface area contributed by atoms with E-state index in [2.05, 4.69) is 18.3 Å². The van der Waals surface area contributed by atoms with Crippen LogP contribution in [0.3, 0.4) is 0 Å². The highest BCUT2D eigenvalue weighted by atomic mass is 35.5. The smallest absolute Gasteiger partial charge is 0.189 e. The van der Waals surface area contributed by atoms with E-state index < -0.39 is 14.6 Å². The highest BCUT2D eigenvalue weighted by molar-refractivity contribution is 7.92. The summed E-state index contributed by atoms with van der Waals surface area (Å²) in [5.74, 6) is 0. The molecule has 0 saturated carbocycles. The highest BCUT2D eigenvalue weighted by Crippen LogP contribution is 2.49. The van der Waals surface area contributed by atoms with Gasteiger partial charge in [-0.3, -0.25) is 0 Å². The Hall–Kier alpha value is -1.36. The van der Waals surface area contributed by atoms with Crippen molar-refractivity contribution in [3.8, 4) is 0 Å². The second kappa shape index (κ2) is 5.58. The molecular weight excluding hydrogens is 342 g/mol. The molecule has 1 saturated heterocycles. The maximum Gasteiger partial charge on any atom is 0.189 e. The molecule has 126 valence electrons. The van der Waals surface area contributed by atoms with Crippen molar-refractivity contribution in [3.63, 3.8) is 0 Å². The zero-order valence-corrected chi connectivity index (χ0v) is 15.1. The normalized spacial score (nSPS) is 26.0. The van der Waals surface area contributed by atoms with E-state index in [9.17, 15) is 8.42 Å². The number of hydrogen-bond acceptors (Lipinski definition) is 3. The lowest BCUT2D eigenvalue weighted by molar-refractivity contribution is 0.416. The molecule has 0 aromatic heterocycles. The van der Waals surface area contributed by atoms with Crippen molar-refractivity contribution in [2.24, 2.45) is 0 Å². The summed E-state index contributed by atoms with van der Waals surface area (Å²) in [4.78, 5) is 0.356. The summed E-state index contributed by atoms with van der Waals surface area (Å²) in [7, 11) is -3.52. The molecular formula is C19H20ClNO2S. The quantitative estimate of drug-likeness (QED) is 0.888. The van der Waals surface area contributed by atoms with Crippen molar-refractivity contribution < 1.29 is 8.42 Å². The third-order valence-corrected chi connectivity index (χ3v) is 8.28. The van der Waals surface area contributed by atoms with Gasteiger partial charge < -0.3 is 5.32 Å². The van der Waals surface area contributed by atoms with Crippen LogP contribution in [0, 0.1) is 6.92 Å². The largest absolute Gasteiger partial charge is 0.312 e. The molecule has 2 aliphatic rings. The van der Waals surface area contributed by atoms with Crippen LogP contribution >= 0.6 is 11.6 Å². The average Bonchev–Trinajstić information content (AvgIpc) is 3.00. The number of aryl methyl sites for hydroxylation is 2. The molecule has 3 nitrogen and oxygen atoms in total. The lowest BCUT2D eigenvalue weighted by Gasteiger charge is -2.40. The summed E-state index contributed by atoms with van der Waals surface area (Å²) in [5.41, 5.74) is 3.33. The predicted octanol–water partition coefficient (Wildman–Crippen LogP) is 3.63. The van der Waals surface area contributed by atoms with Gasteiger partial charge in [-0.25, -0.2) is 8.42 Å². The molecule has 2 aromatic carbocycles. The first-order valence-electron chi connectivity index (χ1n) is 8.29. The van der Waals surface area contributed by atoms with Crippen LogP contribution in [0.1, 0.15) is 29.5 Å².